The smallest absolute Gasteiger partial charge is 0.197 e. The van der Waals surface area contributed by atoms with Crippen LogP contribution < -0.4 is 16.0 Å². The maximum absolute atomic E-state index is 6.04. The Bertz CT molecular complexity index is 585. The van der Waals surface area contributed by atoms with Gasteiger partial charge in [0.2, 0.25) is 0 Å². The highest BCUT2D eigenvalue weighted by atomic mass is 35.5. The third kappa shape index (κ3) is 2.54. The predicted octanol–water partition coefficient (Wildman–Crippen LogP) is 3.39. The van der Waals surface area contributed by atoms with Gasteiger partial charge in [0.25, 0.3) is 0 Å². The molecule has 0 fully saturated rings. The highest BCUT2D eigenvalue weighted by Gasteiger charge is 2.26. The van der Waals surface area contributed by atoms with Crippen LogP contribution in [0.5, 0.6) is 5.75 Å². The van der Waals surface area contributed by atoms with Gasteiger partial charge < -0.3 is 9.15 Å². The molecule has 20 heavy (non-hydrogen) atoms. The van der Waals surface area contributed by atoms with Crippen molar-refractivity contribution in [1.82, 2.24) is 5.43 Å². The lowest BCUT2D eigenvalue weighted by Gasteiger charge is -2.28. The minimum absolute atomic E-state index is 0.0302. The number of hydrazine groups is 1. The van der Waals surface area contributed by atoms with Gasteiger partial charge in [-0.3, -0.25) is 11.3 Å². The molecule has 2 unspecified atom stereocenters. The molecule has 2 aromatic rings. The van der Waals surface area contributed by atoms with Crippen molar-refractivity contribution >= 4 is 11.6 Å². The number of furan rings is 1. The predicted molar refractivity (Wildman–Crippen MR) is 77.7 cm³/mol. The maximum atomic E-state index is 6.04. The number of hydrogen-bond donors (Lipinski definition) is 2. The van der Waals surface area contributed by atoms with E-state index in [1.807, 2.05) is 24.3 Å². The summed E-state index contributed by atoms with van der Waals surface area (Å²) in [5.74, 6) is 7.05. The second-order valence-corrected chi connectivity index (χ2v) is 5.32. The molecule has 2 atom stereocenters. The Morgan fingerprint density at radius 2 is 2.20 bits per heavy atom. The van der Waals surface area contributed by atoms with Crippen LogP contribution in [0.15, 0.2) is 41.0 Å². The van der Waals surface area contributed by atoms with Crippen LogP contribution >= 0.6 is 11.6 Å². The third-order valence-corrected chi connectivity index (χ3v) is 4.13. The molecule has 3 rings (SSSR count). The Kier molecular flexibility index (Phi) is 3.96. The van der Waals surface area contributed by atoms with Crippen LogP contribution in [0, 0.1) is 0 Å². The largest absolute Gasteiger partial charge is 0.493 e. The average molecular weight is 293 g/mol. The van der Waals surface area contributed by atoms with Crippen molar-refractivity contribution in [3.8, 4) is 5.75 Å². The van der Waals surface area contributed by atoms with Gasteiger partial charge in [0, 0.05) is 5.56 Å². The molecule has 0 radical (unpaired) electrons. The number of nitrogens with two attached hydrogens (primary N) is 1. The molecule has 0 saturated heterocycles. The number of halogens is 1. The van der Waals surface area contributed by atoms with Gasteiger partial charge in [0.15, 0.2) is 5.22 Å². The summed E-state index contributed by atoms with van der Waals surface area (Å²) in [4.78, 5) is 0. The van der Waals surface area contributed by atoms with Gasteiger partial charge in [-0.1, -0.05) is 18.2 Å². The van der Waals surface area contributed by atoms with E-state index in [1.165, 1.54) is 5.56 Å². The molecule has 1 aromatic carbocycles. The summed E-state index contributed by atoms with van der Waals surface area (Å²) in [7, 11) is 0. The number of ether oxygens (including phenoxy) is 1. The fourth-order valence-corrected chi connectivity index (χ4v) is 3.03. The van der Waals surface area contributed by atoms with Crippen LogP contribution in [0.4, 0.5) is 0 Å². The van der Waals surface area contributed by atoms with Gasteiger partial charge in [-0.2, -0.15) is 0 Å². The van der Waals surface area contributed by atoms with E-state index in [9.17, 15) is 0 Å². The fourth-order valence-electron chi connectivity index (χ4n) is 2.78. The first kappa shape index (κ1) is 13.5. The summed E-state index contributed by atoms with van der Waals surface area (Å²) in [5, 5.41) is 0.397. The first-order valence-electron chi connectivity index (χ1n) is 6.70. The molecule has 0 amide bonds. The monoisotopic (exact) mass is 292 g/mol. The summed E-state index contributed by atoms with van der Waals surface area (Å²) in [6.07, 6.45) is 3.42. The summed E-state index contributed by atoms with van der Waals surface area (Å²) < 4.78 is 10.8. The van der Waals surface area contributed by atoms with Gasteiger partial charge in [0.1, 0.15) is 5.75 Å². The van der Waals surface area contributed by atoms with E-state index in [-0.39, 0.29) is 6.04 Å². The lowest BCUT2D eigenvalue weighted by atomic mass is 9.86. The molecule has 106 valence electrons. The minimum atomic E-state index is -0.0302. The van der Waals surface area contributed by atoms with Crippen LogP contribution in [0.3, 0.4) is 0 Å². The van der Waals surface area contributed by atoms with Crippen LogP contribution in [0.2, 0.25) is 5.22 Å². The number of para-hydroxylation sites is 1. The lowest BCUT2D eigenvalue weighted by Crippen LogP contribution is -2.30. The van der Waals surface area contributed by atoms with Gasteiger partial charge in [-0.25, -0.2) is 0 Å². The molecule has 0 bridgehead atoms. The molecule has 4 nitrogen and oxygen atoms in total. The summed E-state index contributed by atoms with van der Waals surface area (Å²) in [6.45, 7) is 0.734. The Morgan fingerprint density at radius 3 is 2.95 bits per heavy atom. The summed E-state index contributed by atoms with van der Waals surface area (Å²) in [5.41, 5.74) is 4.97. The molecule has 0 aliphatic carbocycles. The normalized spacial score (nSPS) is 19.2. The zero-order valence-electron chi connectivity index (χ0n) is 11.0. The number of hydrogen-bond acceptors (Lipinski definition) is 4. The lowest BCUT2D eigenvalue weighted by molar-refractivity contribution is 0.255. The Morgan fingerprint density at radius 1 is 1.35 bits per heavy atom. The van der Waals surface area contributed by atoms with Crippen molar-refractivity contribution in [1.29, 1.82) is 0 Å². The highest BCUT2D eigenvalue weighted by Crippen LogP contribution is 2.39. The van der Waals surface area contributed by atoms with Crippen molar-refractivity contribution in [3.63, 3.8) is 0 Å². The molecular formula is C15H17ClN2O2. The Balaban J connectivity index is 1.82. The number of nitrogens with one attached hydrogen (secondary N) is 1. The molecule has 0 saturated carbocycles. The van der Waals surface area contributed by atoms with Gasteiger partial charge in [-0.05, 0) is 48.1 Å². The van der Waals surface area contributed by atoms with Crippen molar-refractivity contribution in [2.75, 3.05) is 6.61 Å². The van der Waals surface area contributed by atoms with E-state index in [2.05, 4.69) is 11.5 Å². The molecule has 2 heterocycles. The topological polar surface area (TPSA) is 60.4 Å². The van der Waals surface area contributed by atoms with Crippen LogP contribution in [0.1, 0.15) is 35.9 Å². The van der Waals surface area contributed by atoms with E-state index in [0.29, 0.717) is 11.1 Å². The van der Waals surface area contributed by atoms with E-state index in [4.69, 9.17) is 26.6 Å². The van der Waals surface area contributed by atoms with E-state index < -0.39 is 0 Å². The maximum Gasteiger partial charge on any atom is 0.197 e. The second-order valence-electron chi connectivity index (χ2n) is 4.98. The third-order valence-electron chi connectivity index (χ3n) is 3.83. The SMILES string of the molecule is NNC(CC1CCOc2ccccc21)c1ccoc1Cl. The number of rotatable bonds is 4. The quantitative estimate of drug-likeness (QED) is 0.670. The van der Waals surface area contributed by atoms with Crippen molar-refractivity contribution < 1.29 is 9.15 Å². The molecule has 3 N–H and O–H groups in total. The molecule has 5 heteroatoms. The molecule has 1 aliphatic heterocycles. The molecule has 0 spiro atoms. The van der Waals surface area contributed by atoms with E-state index in [0.717, 1.165) is 30.8 Å². The zero-order valence-corrected chi connectivity index (χ0v) is 11.8. The fraction of sp³-hybridized carbons (Fsp3) is 0.333. The van der Waals surface area contributed by atoms with E-state index in [1.54, 1.807) is 6.26 Å². The first-order valence-corrected chi connectivity index (χ1v) is 7.08. The molecule has 1 aromatic heterocycles. The molecular weight excluding hydrogens is 276 g/mol. The first-order chi connectivity index (χ1) is 9.79. The van der Waals surface area contributed by atoms with E-state index >= 15 is 0 Å². The summed E-state index contributed by atoms with van der Waals surface area (Å²) in [6, 6.07) is 9.99. The van der Waals surface area contributed by atoms with Crippen LogP contribution in [-0.4, -0.2) is 6.61 Å². The Labute approximate surface area is 122 Å². The zero-order chi connectivity index (χ0) is 13.9. The standard InChI is InChI=1S/C15H17ClN2O2/c16-15-12(6-8-20-15)13(18-17)9-10-5-7-19-14-4-2-1-3-11(10)14/h1-4,6,8,10,13,18H,5,7,9,17H2. The van der Waals surface area contributed by atoms with Crippen molar-refractivity contribution in [3.05, 3.63) is 52.9 Å². The average Bonchev–Trinajstić information content (AvgIpc) is 2.91. The van der Waals surface area contributed by atoms with Crippen molar-refractivity contribution in [2.45, 2.75) is 24.8 Å². The Hall–Kier alpha value is -1.49. The minimum Gasteiger partial charge on any atom is -0.493 e. The van der Waals surface area contributed by atoms with Crippen molar-refractivity contribution in [2.24, 2.45) is 5.84 Å². The second kappa shape index (κ2) is 5.87. The summed E-state index contributed by atoms with van der Waals surface area (Å²) >= 11 is 6.04. The molecule has 1 aliphatic rings. The van der Waals surface area contributed by atoms with Gasteiger partial charge >= 0.3 is 0 Å². The van der Waals surface area contributed by atoms with Gasteiger partial charge in [0.05, 0.1) is 18.9 Å². The van der Waals surface area contributed by atoms with Crippen LogP contribution in [-0.2, 0) is 0 Å². The number of fused-ring (bicyclic) bond motifs is 1. The number of benzene rings is 1. The van der Waals surface area contributed by atoms with Gasteiger partial charge in [-0.15, -0.1) is 0 Å². The van der Waals surface area contributed by atoms with Crippen LogP contribution in [0.25, 0.3) is 0 Å². The highest BCUT2D eigenvalue weighted by molar-refractivity contribution is 6.29.